The van der Waals surface area contributed by atoms with Gasteiger partial charge in [-0.1, -0.05) is 12.1 Å². The van der Waals surface area contributed by atoms with E-state index >= 15 is 0 Å². The number of carbonyl (C=O) groups excluding carboxylic acids is 2. The van der Waals surface area contributed by atoms with Crippen LogP contribution in [0.3, 0.4) is 0 Å². The third-order valence-electron chi connectivity index (χ3n) is 4.93. The van der Waals surface area contributed by atoms with Crippen LogP contribution < -0.4 is 20.1 Å². The molecule has 4 rings (SSSR count). The molecule has 2 amide bonds. The standard InChI is InChI=1S/C22H24N2O4S/c1-3-27-17-9-14-8-13(2)28-18(14)10-15(17)12-23-21(25)11-20-22(26)24-16-6-4-5-7-19(16)29-20/h4-7,9-10,13,20H,3,8,11-12H2,1-2H3,(H,23,25)(H,24,26). The second kappa shape index (κ2) is 8.37. The highest BCUT2D eigenvalue weighted by atomic mass is 32.2. The predicted molar refractivity (Wildman–Crippen MR) is 113 cm³/mol. The molecule has 0 aliphatic carbocycles. The zero-order valence-corrected chi connectivity index (χ0v) is 17.3. The highest BCUT2D eigenvalue weighted by Gasteiger charge is 2.29. The lowest BCUT2D eigenvalue weighted by Gasteiger charge is -2.23. The lowest BCUT2D eigenvalue weighted by Crippen LogP contribution is -2.34. The lowest BCUT2D eigenvalue weighted by molar-refractivity contribution is -0.124. The molecule has 0 spiro atoms. The Kier molecular flexibility index (Phi) is 5.67. The number of benzene rings is 2. The van der Waals surface area contributed by atoms with Gasteiger partial charge in [0.05, 0.1) is 17.5 Å². The second-order valence-corrected chi connectivity index (χ2v) is 8.45. The Hall–Kier alpha value is -2.67. The van der Waals surface area contributed by atoms with Gasteiger partial charge >= 0.3 is 0 Å². The highest BCUT2D eigenvalue weighted by molar-refractivity contribution is 8.01. The molecule has 2 aromatic rings. The molecular weight excluding hydrogens is 388 g/mol. The van der Waals surface area contributed by atoms with Gasteiger partial charge in [0.2, 0.25) is 11.8 Å². The molecule has 0 bridgehead atoms. The zero-order chi connectivity index (χ0) is 20.4. The molecule has 2 aliphatic rings. The third-order valence-corrected chi connectivity index (χ3v) is 6.21. The summed E-state index contributed by atoms with van der Waals surface area (Å²) < 4.78 is 11.6. The number of carbonyl (C=O) groups is 2. The quantitative estimate of drug-likeness (QED) is 0.759. The summed E-state index contributed by atoms with van der Waals surface area (Å²) in [4.78, 5) is 25.8. The van der Waals surface area contributed by atoms with E-state index in [1.54, 1.807) is 0 Å². The van der Waals surface area contributed by atoms with Gasteiger partial charge in [0, 0.05) is 35.4 Å². The Morgan fingerprint density at radius 1 is 1.34 bits per heavy atom. The minimum atomic E-state index is -0.444. The fourth-order valence-electron chi connectivity index (χ4n) is 3.57. The molecule has 2 N–H and O–H groups in total. The number of thioether (sulfide) groups is 1. The van der Waals surface area contributed by atoms with Crippen molar-refractivity contribution < 1.29 is 19.1 Å². The van der Waals surface area contributed by atoms with Crippen LogP contribution >= 0.6 is 11.8 Å². The number of anilines is 1. The van der Waals surface area contributed by atoms with Crippen LogP contribution in [0, 0.1) is 0 Å². The van der Waals surface area contributed by atoms with E-state index in [1.165, 1.54) is 11.8 Å². The lowest BCUT2D eigenvalue weighted by atomic mass is 10.1. The molecule has 2 aliphatic heterocycles. The van der Waals surface area contributed by atoms with E-state index in [2.05, 4.69) is 10.6 Å². The summed E-state index contributed by atoms with van der Waals surface area (Å²) in [5, 5.41) is 5.35. The van der Waals surface area contributed by atoms with Crippen LogP contribution in [-0.4, -0.2) is 29.8 Å². The molecule has 0 fully saturated rings. The largest absolute Gasteiger partial charge is 0.494 e. The minimum absolute atomic E-state index is 0.118. The van der Waals surface area contributed by atoms with Crippen LogP contribution in [0.15, 0.2) is 41.3 Å². The number of nitrogens with one attached hydrogen (secondary N) is 2. The second-order valence-electron chi connectivity index (χ2n) is 7.21. The number of hydrogen-bond acceptors (Lipinski definition) is 5. The molecule has 0 saturated heterocycles. The molecule has 2 atom stereocenters. The van der Waals surface area contributed by atoms with Crippen LogP contribution in [-0.2, 0) is 22.6 Å². The van der Waals surface area contributed by atoms with Gasteiger partial charge in [-0.05, 0) is 38.1 Å². The highest BCUT2D eigenvalue weighted by Crippen LogP contribution is 2.37. The first-order valence-electron chi connectivity index (χ1n) is 9.82. The number of fused-ring (bicyclic) bond motifs is 2. The maximum Gasteiger partial charge on any atom is 0.238 e. The Balaban J connectivity index is 1.40. The van der Waals surface area contributed by atoms with Gasteiger partial charge in [0.25, 0.3) is 0 Å². The normalized spacial score (nSPS) is 19.6. The molecule has 0 aromatic heterocycles. The van der Waals surface area contributed by atoms with E-state index in [9.17, 15) is 9.59 Å². The van der Waals surface area contributed by atoms with Crippen LogP contribution in [0.5, 0.6) is 11.5 Å². The number of rotatable bonds is 6. The van der Waals surface area contributed by atoms with E-state index < -0.39 is 5.25 Å². The van der Waals surface area contributed by atoms with Crippen LogP contribution in [0.4, 0.5) is 5.69 Å². The van der Waals surface area contributed by atoms with Crippen LogP contribution in [0.1, 0.15) is 31.4 Å². The molecule has 29 heavy (non-hydrogen) atoms. The van der Waals surface area contributed by atoms with Crippen molar-refractivity contribution in [2.75, 3.05) is 11.9 Å². The van der Waals surface area contributed by atoms with Crippen LogP contribution in [0.25, 0.3) is 0 Å². The first-order valence-corrected chi connectivity index (χ1v) is 10.7. The van der Waals surface area contributed by atoms with Crippen molar-refractivity contribution in [1.82, 2.24) is 5.32 Å². The molecule has 2 heterocycles. The van der Waals surface area contributed by atoms with E-state index in [0.717, 1.165) is 39.6 Å². The summed E-state index contributed by atoms with van der Waals surface area (Å²) in [7, 11) is 0. The van der Waals surface area contributed by atoms with E-state index in [1.807, 2.05) is 50.2 Å². The van der Waals surface area contributed by atoms with Gasteiger partial charge in [-0.2, -0.15) is 0 Å². The summed E-state index contributed by atoms with van der Waals surface area (Å²) in [6.07, 6.45) is 1.12. The van der Waals surface area contributed by atoms with Crippen molar-refractivity contribution >= 4 is 29.3 Å². The van der Waals surface area contributed by atoms with Gasteiger partial charge in [-0.3, -0.25) is 9.59 Å². The monoisotopic (exact) mass is 412 g/mol. The molecule has 152 valence electrons. The number of ether oxygens (including phenoxy) is 2. The average molecular weight is 413 g/mol. The van der Waals surface area contributed by atoms with Crippen molar-refractivity contribution in [3.05, 3.63) is 47.5 Å². The van der Waals surface area contributed by atoms with Gasteiger partial charge < -0.3 is 20.1 Å². The van der Waals surface area contributed by atoms with Crippen molar-refractivity contribution in [2.45, 2.75) is 49.5 Å². The molecule has 7 heteroatoms. The SMILES string of the molecule is CCOc1cc2c(cc1CNC(=O)CC1Sc3ccccc3NC1=O)OC(C)C2. The minimum Gasteiger partial charge on any atom is -0.494 e. The summed E-state index contributed by atoms with van der Waals surface area (Å²) in [5.41, 5.74) is 2.80. The first-order chi connectivity index (χ1) is 14.0. The van der Waals surface area contributed by atoms with Gasteiger partial charge in [0.1, 0.15) is 17.6 Å². The van der Waals surface area contributed by atoms with Crippen molar-refractivity contribution in [3.8, 4) is 11.5 Å². The van der Waals surface area contributed by atoms with E-state index in [4.69, 9.17) is 9.47 Å². The van der Waals surface area contributed by atoms with Gasteiger partial charge in [-0.15, -0.1) is 11.8 Å². The predicted octanol–water partition coefficient (Wildman–Crippen LogP) is 3.53. The first kappa shape index (κ1) is 19.6. The molecule has 2 unspecified atom stereocenters. The number of para-hydroxylation sites is 1. The molecule has 6 nitrogen and oxygen atoms in total. The summed E-state index contributed by atoms with van der Waals surface area (Å²) in [6.45, 7) is 4.85. The number of amides is 2. The summed E-state index contributed by atoms with van der Waals surface area (Å²) >= 11 is 1.43. The third kappa shape index (κ3) is 4.34. The Morgan fingerprint density at radius 2 is 2.17 bits per heavy atom. The number of hydrogen-bond donors (Lipinski definition) is 2. The molecule has 2 aromatic carbocycles. The fraction of sp³-hybridized carbons (Fsp3) is 0.364. The topological polar surface area (TPSA) is 76.7 Å². The average Bonchev–Trinajstić information content (AvgIpc) is 3.06. The van der Waals surface area contributed by atoms with Crippen LogP contribution in [0.2, 0.25) is 0 Å². The summed E-state index contributed by atoms with van der Waals surface area (Å²) in [6, 6.07) is 11.6. The zero-order valence-electron chi connectivity index (χ0n) is 16.5. The maximum absolute atomic E-state index is 12.5. The smallest absolute Gasteiger partial charge is 0.238 e. The van der Waals surface area contributed by atoms with Crippen molar-refractivity contribution in [3.63, 3.8) is 0 Å². The van der Waals surface area contributed by atoms with E-state index in [-0.39, 0.29) is 24.3 Å². The van der Waals surface area contributed by atoms with E-state index in [0.29, 0.717) is 13.2 Å². The summed E-state index contributed by atoms with van der Waals surface area (Å²) in [5.74, 6) is 1.31. The van der Waals surface area contributed by atoms with Gasteiger partial charge in [0.15, 0.2) is 0 Å². The Morgan fingerprint density at radius 3 is 3.00 bits per heavy atom. The molecule has 0 saturated carbocycles. The fourth-order valence-corrected chi connectivity index (χ4v) is 4.68. The Labute approximate surface area is 174 Å². The maximum atomic E-state index is 12.5. The van der Waals surface area contributed by atoms with Crippen molar-refractivity contribution in [1.29, 1.82) is 0 Å². The molecule has 0 radical (unpaired) electrons. The van der Waals surface area contributed by atoms with Gasteiger partial charge in [-0.25, -0.2) is 0 Å². The molecular formula is C22H24N2O4S. The van der Waals surface area contributed by atoms with Crippen molar-refractivity contribution in [2.24, 2.45) is 0 Å². The Bertz CT molecular complexity index is 946.